The van der Waals surface area contributed by atoms with E-state index in [1.807, 2.05) is 0 Å². The summed E-state index contributed by atoms with van der Waals surface area (Å²) in [5, 5.41) is 16.3. The average Bonchev–Trinajstić information content (AvgIpc) is 3.22. The number of aliphatic carboxylic acids is 1. The molecule has 0 saturated carbocycles. The van der Waals surface area contributed by atoms with E-state index in [0.717, 1.165) is 4.90 Å². The molecule has 0 radical (unpaired) electrons. The molecule has 0 aromatic carbocycles. The van der Waals surface area contributed by atoms with Crippen molar-refractivity contribution >= 4 is 29.5 Å². The Hall–Kier alpha value is -1.57. The van der Waals surface area contributed by atoms with Gasteiger partial charge < -0.3 is 11.4 Å². The molecule has 1 aromatic heterocycles. The third-order valence-electron chi connectivity index (χ3n) is 4.93. The van der Waals surface area contributed by atoms with Gasteiger partial charge in [0.25, 0.3) is 5.91 Å². The van der Waals surface area contributed by atoms with Crippen molar-refractivity contribution in [3.63, 3.8) is 0 Å². The standard InChI is InChI=1S/C14H12F3N5O4S.Na.H/c15-14(16,17)12(26)21-2-5-1-6(3-27-13-18-4-19-20-13)8(11(24)25)22-7(5)9(21)10(22)23;;/h4-5,7,9H,1-3H2,(H,24,25)(H,18,19,20);;/q;+1;-1/t5-,7-,9+;;/m1../s1. The van der Waals surface area contributed by atoms with Crippen molar-refractivity contribution in [3.05, 3.63) is 17.6 Å². The van der Waals surface area contributed by atoms with Crippen molar-refractivity contribution in [2.24, 2.45) is 5.92 Å². The van der Waals surface area contributed by atoms with Crippen molar-refractivity contribution < 1.29 is 63.6 Å². The van der Waals surface area contributed by atoms with Gasteiger partial charge in [0.05, 0.1) is 6.04 Å². The molecule has 3 atom stereocenters. The molecule has 1 aromatic rings. The number of carbonyl (C=O) groups is 3. The summed E-state index contributed by atoms with van der Waals surface area (Å²) in [5.41, 5.74) is 0.198. The Bertz CT molecular complexity index is 868. The number of aromatic nitrogens is 3. The number of rotatable bonds is 4. The minimum Gasteiger partial charge on any atom is -1.00 e. The van der Waals surface area contributed by atoms with Gasteiger partial charge in [-0.15, -0.1) is 0 Å². The maximum atomic E-state index is 12.8. The summed E-state index contributed by atoms with van der Waals surface area (Å²) in [6.45, 7) is -0.237. The van der Waals surface area contributed by atoms with E-state index in [4.69, 9.17) is 0 Å². The molecule has 28 heavy (non-hydrogen) atoms. The van der Waals surface area contributed by atoms with Crippen LogP contribution in [0.3, 0.4) is 0 Å². The summed E-state index contributed by atoms with van der Waals surface area (Å²) in [5.74, 6) is -4.44. The Labute approximate surface area is 183 Å². The zero-order valence-corrected chi connectivity index (χ0v) is 17.3. The number of thioether (sulfide) groups is 1. The monoisotopic (exact) mass is 427 g/mol. The second-order valence-electron chi connectivity index (χ2n) is 6.40. The van der Waals surface area contributed by atoms with E-state index in [1.54, 1.807) is 0 Å². The molecule has 2 fully saturated rings. The number of aromatic amines is 1. The summed E-state index contributed by atoms with van der Waals surface area (Å²) in [7, 11) is 0. The van der Waals surface area contributed by atoms with Crippen LogP contribution in [0.5, 0.6) is 0 Å². The van der Waals surface area contributed by atoms with Crippen LogP contribution >= 0.6 is 11.8 Å². The molecule has 0 aliphatic carbocycles. The summed E-state index contributed by atoms with van der Waals surface area (Å²) in [6.07, 6.45) is -3.61. The number of nitrogens with zero attached hydrogens (tertiary/aromatic N) is 4. The minimum absolute atomic E-state index is 0. The van der Waals surface area contributed by atoms with Crippen LogP contribution in [-0.2, 0) is 14.4 Å². The van der Waals surface area contributed by atoms with Gasteiger partial charge in [-0.2, -0.15) is 18.3 Å². The van der Waals surface area contributed by atoms with Gasteiger partial charge in [-0.25, -0.2) is 9.78 Å². The molecule has 4 rings (SSSR count). The van der Waals surface area contributed by atoms with Crippen molar-refractivity contribution in [3.8, 4) is 0 Å². The number of nitrogens with one attached hydrogen (secondary N) is 1. The van der Waals surface area contributed by atoms with Gasteiger partial charge >= 0.3 is 47.6 Å². The molecule has 146 valence electrons. The van der Waals surface area contributed by atoms with Gasteiger partial charge in [0.1, 0.15) is 18.1 Å². The van der Waals surface area contributed by atoms with Crippen LogP contribution in [0.2, 0.25) is 0 Å². The number of halogens is 3. The maximum Gasteiger partial charge on any atom is 1.00 e. The Kier molecular flexibility index (Phi) is 5.55. The van der Waals surface area contributed by atoms with E-state index in [0.29, 0.717) is 15.6 Å². The molecule has 0 bridgehead atoms. The molecular formula is C14H13F3N5NaO4S. The van der Waals surface area contributed by atoms with Crippen LogP contribution in [0.1, 0.15) is 7.85 Å². The number of hydrogen-bond acceptors (Lipinski definition) is 6. The number of β-lactam (4-membered cyclic amide) rings is 1. The topological polar surface area (TPSA) is 119 Å². The molecule has 2 saturated heterocycles. The van der Waals surface area contributed by atoms with Crippen LogP contribution in [0.4, 0.5) is 13.2 Å². The fourth-order valence-electron chi connectivity index (χ4n) is 3.96. The molecule has 4 heterocycles. The fourth-order valence-corrected chi connectivity index (χ4v) is 4.76. The first kappa shape index (κ1) is 21.1. The Balaban J connectivity index is 0.00000150. The van der Waals surface area contributed by atoms with Crippen molar-refractivity contribution in [2.45, 2.75) is 29.8 Å². The largest absolute Gasteiger partial charge is 1.00 e. The molecule has 14 heteroatoms. The maximum absolute atomic E-state index is 12.8. The summed E-state index contributed by atoms with van der Waals surface area (Å²) in [4.78, 5) is 41.2. The SMILES string of the molecule is O=C(O)C1=C(CSc2ncn[nH]2)C[C@@H]2CN(C(=O)C(F)(F)F)[C@@H]3C(=O)N1[C@H]23.[H-].[Na+]. The average molecular weight is 427 g/mol. The molecule has 3 aliphatic rings. The van der Waals surface area contributed by atoms with Crippen molar-refractivity contribution in [2.75, 3.05) is 12.3 Å². The third kappa shape index (κ3) is 3.23. The van der Waals surface area contributed by atoms with Crippen LogP contribution in [0, 0.1) is 5.92 Å². The zero-order valence-electron chi connectivity index (χ0n) is 15.4. The summed E-state index contributed by atoms with van der Waals surface area (Å²) >= 11 is 1.17. The van der Waals surface area contributed by atoms with Crippen LogP contribution in [0.25, 0.3) is 0 Å². The van der Waals surface area contributed by atoms with Gasteiger partial charge in [-0.3, -0.25) is 19.6 Å². The summed E-state index contributed by atoms with van der Waals surface area (Å²) < 4.78 is 38.4. The number of H-pyrrole nitrogens is 1. The first-order valence-electron chi connectivity index (χ1n) is 7.84. The quantitative estimate of drug-likeness (QED) is 0.306. The van der Waals surface area contributed by atoms with Crippen molar-refractivity contribution in [1.29, 1.82) is 0 Å². The molecular weight excluding hydrogens is 414 g/mol. The number of hydrogen-bond donors (Lipinski definition) is 2. The second kappa shape index (κ2) is 7.35. The van der Waals surface area contributed by atoms with Gasteiger partial charge in [0.2, 0.25) is 0 Å². The van der Waals surface area contributed by atoms with Gasteiger partial charge in [0.15, 0.2) is 5.16 Å². The Morgan fingerprint density at radius 3 is 2.71 bits per heavy atom. The molecule has 0 unspecified atom stereocenters. The molecule has 9 nitrogen and oxygen atoms in total. The normalized spacial score (nSPS) is 26.0. The number of carboxylic acids is 1. The van der Waals surface area contributed by atoms with E-state index >= 15 is 0 Å². The summed E-state index contributed by atoms with van der Waals surface area (Å²) in [6, 6.07) is -1.98. The fraction of sp³-hybridized carbons (Fsp3) is 0.500. The molecule has 2 N–H and O–H groups in total. The van der Waals surface area contributed by atoms with Gasteiger partial charge in [-0.1, -0.05) is 11.8 Å². The number of alkyl halides is 3. The van der Waals surface area contributed by atoms with E-state index in [1.165, 1.54) is 18.1 Å². The van der Waals surface area contributed by atoms with E-state index in [-0.39, 0.29) is 55.4 Å². The van der Waals surface area contributed by atoms with Crippen LogP contribution in [0.15, 0.2) is 22.8 Å². The first-order chi connectivity index (χ1) is 12.7. The zero-order chi connectivity index (χ0) is 19.5. The van der Waals surface area contributed by atoms with Gasteiger partial charge in [-0.05, 0) is 12.0 Å². The predicted octanol–water partition coefficient (Wildman–Crippen LogP) is -2.64. The Morgan fingerprint density at radius 1 is 1.43 bits per heavy atom. The third-order valence-corrected chi connectivity index (χ3v) is 5.89. The predicted molar refractivity (Wildman–Crippen MR) is 83.2 cm³/mol. The van der Waals surface area contributed by atoms with E-state index < -0.39 is 42.0 Å². The van der Waals surface area contributed by atoms with Crippen LogP contribution < -0.4 is 29.6 Å². The first-order valence-corrected chi connectivity index (χ1v) is 8.83. The van der Waals surface area contributed by atoms with Crippen LogP contribution in [-0.4, -0.2) is 78.4 Å². The second-order valence-corrected chi connectivity index (χ2v) is 7.36. The number of carboxylic acid groups (broad SMARTS) is 1. The number of amides is 2. The van der Waals surface area contributed by atoms with Gasteiger partial charge in [0, 0.05) is 18.2 Å². The Morgan fingerprint density at radius 2 is 2.14 bits per heavy atom. The number of likely N-dealkylation sites (tertiary alicyclic amines) is 1. The molecule has 2 amide bonds. The molecule has 3 aliphatic heterocycles. The smallest absolute Gasteiger partial charge is 1.00 e. The van der Waals surface area contributed by atoms with E-state index in [9.17, 15) is 32.7 Å². The number of carbonyl (C=O) groups excluding carboxylic acids is 2. The van der Waals surface area contributed by atoms with E-state index in [2.05, 4.69) is 15.2 Å². The van der Waals surface area contributed by atoms with Crippen molar-refractivity contribution in [1.82, 2.24) is 25.0 Å². The molecule has 0 spiro atoms. The minimum atomic E-state index is -5.08.